The molecule has 0 heterocycles. The third kappa shape index (κ3) is 7.85. The monoisotopic (exact) mass is 558 g/mol. The molecular weight excluding hydrogens is 524 g/mol. The minimum Gasteiger partial charge on any atom is -0.285 e. The molecule has 1 saturated carbocycles. The summed E-state index contributed by atoms with van der Waals surface area (Å²) in [6.45, 7) is 4.00. The van der Waals surface area contributed by atoms with Crippen LogP contribution in [0.4, 0.5) is 0 Å². The molecule has 1 fully saturated rings. The minimum atomic E-state index is -4.20. The molecule has 0 spiro atoms. The van der Waals surface area contributed by atoms with Crippen molar-refractivity contribution in [2.24, 2.45) is 11.8 Å². The van der Waals surface area contributed by atoms with E-state index in [2.05, 4.69) is 6.92 Å². The van der Waals surface area contributed by atoms with E-state index in [1.807, 2.05) is 13.0 Å². The Kier molecular flexibility index (Phi) is 9.04. The summed E-state index contributed by atoms with van der Waals surface area (Å²) in [5, 5.41) is -0.834. The van der Waals surface area contributed by atoms with Crippen molar-refractivity contribution < 1.29 is 34.4 Å². The molecule has 3 unspecified atom stereocenters. The van der Waals surface area contributed by atoms with Crippen LogP contribution in [0, 0.1) is 18.8 Å². The fourth-order valence-electron chi connectivity index (χ4n) is 4.62. The molecule has 1 aliphatic rings. The highest BCUT2D eigenvalue weighted by Gasteiger charge is 2.46. The topological polar surface area (TPSA) is 143 Å². The zero-order valence-electron chi connectivity index (χ0n) is 20.5. The maximum Gasteiger partial charge on any atom is 0.294 e. The predicted molar refractivity (Wildman–Crippen MR) is 138 cm³/mol. The molecule has 0 saturated heterocycles. The standard InChI is InChI=1S/C25H34O8S3/c1-3-19(16-20-7-10-23(11-8-20)35(28,29)30)5-4-6-21-9-12-24(15-18(21)2)34(26,27)14-13-22-17-25(22)36(31,32)33/h7-12,15,19,22,25H,3-6,13-14,16-17H2,1-2H3,(H,28,29,30)(H,31,32,33). The predicted octanol–water partition coefficient (Wildman–Crippen LogP) is 4.27. The highest BCUT2D eigenvalue weighted by molar-refractivity contribution is 7.91. The second-order valence-electron chi connectivity index (χ2n) is 9.73. The first-order valence-electron chi connectivity index (χ1n) is 12.1. The number of sulfone groups is 1. The van der Waals surface area contributed by atoms with Gasteiger partial charge in [-0.25, -0.2) is 8.42 Å². The van der Waals surface area contributed by atoms with Gasteiger partial charge in [0.05, 0.1) is 20.8 Å². The Morgan fingerprint density at radius 1 is 0.944 bits per heavy atom. The van der Waals surface area contributed by atoms with Crippen LogP contribution in [0.5, 0.6) is 0 Å². The third-order valence-electron chi connectivity index (χ3n) is 7.05. The molecule has 0 radical (unpaired) electrons. The van der Waals surface area contributed by atoms with Crippen LogP contribution in [-0.4, -0.2) is 45.4 Å². The second kappa shape index (κ2) is 11.3. The van der Waals surface area contributed by atoms with Crippen LogP contribution < -0.4 is 0 Å². The van der Waals surface area contributed by atoms with Gasteiger partial charge in [0.25, 0.3) is 20.2 Å². The van der Waals surface area contributed by atoms with E-state index in [-0.39, 0.29) is 27.9 Å². The van der Waals surface area contributed by atoms with E-state index < -0.39 is 35.3 Å². The quantitative estimate of drug-likeness (QED) is 0.347. The fourth-order valence-corrected chi connectivity index (χ4v) is 7.69. The number of rotatable bonds is 13. The van der Waals surface area contributed by atoms with Crippen LogP contribution >= 0.6 is 0 Å². The summed E-state index contributed by atoms with van der Waals surface area (Å²) in [5.74, 6) is -0.0378. The highest BCUT2D eigenvalue weighted by atomic mass is 32.2. The van der Waals surface area contributed by atoms with Crippen LogP contribution in [0.25, 0.3) is 0 Å². The largest absolute Gasteiger partial charge is 0.294 e. The van der Waals surface area contributed by atoms with E-state index in [4.69, 9.17) is 9.11 Å². The van der Waals surface area contributed by atoms with E-state index in [9.17, 15) is 25.3 Å². The van der Waals surface area contributed by atoms with Crippen molar-refractivity contribution in [3.05, 3.63) is 59.2 Å². The molecule has 200 valence electrons. The maximum atomic E-state index is 12.7. The average molecular weight is 559 g/mol. The Hall–Kier alpha value is -1.79. The molecule has 2 aromatic carbocycles. The average Bonchev–Trinajstić information content (AvgIpc) is 3.58. The van der Waals surface area contributed by atoms with Gasteiger partial charge in [-0.05, 0) is 98.2 Å². The first-order valence-corrected chi connectivity index (χ1v) is 16.6. The summed E-state index contributed by atoms with van der Waals surface area (Å²) in [5.41, 5.74) is 2.98. The number of hydrogen-bond donors (Lipinski definition) is 2. The number of benzene rings is 2. The Morgan fingerprint density at radius 2 is 1.58 bits per heavy atom. The van der Waals surface area contributed by atoms with Crippen LogP contribution in [0.2, 0.25) is 0 Å². The summed E-state index contributed by atoms with van der Waals surface area (Å²) in [4.78, 5) is 0.114. The van der Waals surface area contributed by atoms with Gasteiger partial charge in [0.2, 0.25) is 0 Å². The van der Waals surface area contributed by atoms with Crippen molar-refractivity contribution in [2.45, 2.75) is 73.8 Å². The van der Waals surface area contributed by atoms with Gasteiger partial charge in [-0.15, -0.1) is 0 Å². The molecule has 0 bridgehead atoms. The van der Waals surface area contributed by atoms with Gasteiger partial charge >= 0.3 is 0 Å². The molecule has 1 aliphatic carbocycles. The Labute approximate surface area is 214 Å². The van der Waals surface area contributed by atoms with Crippen LogP contribution in [0.15, 0.2) is 52.3 Å². The van der Waals surface area contributed by atoms with Crippen molar-refractivity contribution in [1.29, 1.82) is 0 Å². The van der Waals surface area contributed by atoms with Crippen LogP contribution in [0.3, 0.4) is 0 Å². The third-order valence-corrected chi connectivity index (χ3v) is 11.0. The van der Waals surface area contributed by atoms with Gasteiger partial charge in [-0.3, -0.25) is 9.11 Å². The lowest BCUT2D eigenvalue weighted by molar-refractivity contribution is 0.451. The summed E-state index contributed by atoms with van der Waals surface area (Å²) in [6.07, 6.45) is 4.99. The van der Waals surface area contributed by atoms with Crippen molar-refractivity contribution >= 4 is 30.1 Å². The lowest BCUT2D eigenvalue weighted by Crippen LogP contribution is -2.11. The van der Waals surface area contributed by atoms with E-state index in [1.54, 1.807) is 24.3 Å². The summed E-state index contributed by atoms with van der Waals surface area (Å²) >= 11 is 0. The molecular formula is C25H34O8S3. The smallest absolute Gasteiger partial charge is 0.285 e. The lowest BCUT2D eigenvalue weighted by atomic mass is 9.90. The number of aryl methyl sites for hydroxylation is 2. The van der Waals surface area contributed by atoms with E-state index in [0.29, 0.717) is 12.3 Å². The van der Waals surface area contributed by atoms with Gasteiger partial charge in [0.1, 0.15) is 0 Å². The lowest BCUT2D eigenvalue weighted by Gasteiger charge is -2.16. The molecule has 36 heavy (non-hydrogen) atoms. The Bertz CT molecular complexity index is 1380. The first-order chi connectivity index (χ1) is 16.7. The molecule has 0 amide bonds. The zero-order valence-corrected chi connectivity index (χ0v) is 22.9. The van der Waals surface area contributed by atoms with Gasteiger partial charge < -0.3 is 0 Å². The van der Waals surface area contributed by atoms with Gasteiger partial charge in [-0.1, -0.05) is 31.5 Å². The summed E-state index contributed by atoms with van der Waals surface area (Å²) in [7, 11) is -11.8. The second-order valence-corrected chi connectivity index (χ2v) is 14.9. The van der Waals surface area contributed by atoms with Crippen molar-refractivity contribution in [3.8, 4) is 0 Å². The van der Waals surface area contributed by atoms with Crippen molar-refractivity contribution in [2.75, 3.05) is 5.75 Å². The Balaban J connectivity index is 1.52. The van der Waals surface area contributed by atoms with Crippen LogP contribution in [-0.2, 0) is 42.9 Å². The van der Waals surface area contributed by atoms with Gasteiger partial charge in [-0.2, -0.15) is 16.8 Å². The van der Waals surface area contributed by atoms with E-state index in [1.165, 1.54) is 12.1 Å². The van der Waals surface area contributed by atoms with E-state index in [0.717, 1.165) is 48.8 Å². The molecule has 2 N–H and O–H groups in total. The van der Waals surface area contributed by atoms with Crippen molar-refractivity contribution in [3.63, 3.8) is 0 Å². The SMILES string of the molecule is CCC(CCCc1ccc(S(=O)(=O)CCC2CC2S(=O)(=O)O)cc1C)Cc1ccc(S(=O)(=O)O)cc1. The highest BCUT2D eigenvalue weighted by Crippen LogP contribution is 2.40. The summed E-state index contributed by atoms with van der Waals surface area (Å²) < 4.78 is 88.3. The molecule has 0 aromatic heterocycles. The molecule has 2 aromatic rings. The molecule has 8 nitrogen and oxygen atoms in total. The van der Waals surface area contributed by atoms with Gasteiger partial charge in [0.15, 0.2) is 9.84 Å². The zero-order chi connectivity index (χ0) is 26.7. The fraction of sp³-hybridized carbons (Fsp3) is 0.520. The van der Waals surface area contributed by atoms with E-state index >= 15 is 0 Å². The van der Waals surface area contributed by atoms with Gasteiger partial charge in [0, 0.05) is 0 Å². The number of hydrogen-bond acceptors (Lipinski definition) is 6. The molecule has 0 aliphatic heterocycles. The minimum absolute atomic E-state index is 0.116. The van der Waals surface area contributed by atoms with Crippen molar-refractivity contribution in [1.82, 2.24) is 0 Å². The molecule has 3 atom stereocenters. The first kappa shape index (κ1) is 28.8. The normalized spacial score (nSPS) is 19.2. The maximum absolute atomic E-state index is 12.7. The molecule has 11 heteroatoms. The Morgan fingerprint density at radius 3 is 2.11 bits per heavy atom. The molecule has 3 rings (SSSR count). The summed E-state index contributed by atoms with van der Waals surface area (Å²) in [6, 6.07) is 11.4. The van der Waals surface area contributed by atoms with Crippen LogP contribution in [0.1, 0.15) is 55.7 Å².